The van der Waals surface area contributed by atoms with Gasteiger partial charge in [-0.05, 0) is 30.9 Å². The van der Waals surface area contributed by atoms with Gasteiger partial charge in [-0.15, -0.1) is 10.2 Å². The van der Waals surface area contributed by atoms with Crippen molar-refractivity contribution in [2.45, 2.75) is 25.0 Å². The number of hydrogen-bond acceptors (Lipinski definition) is 5. The Kier molecular flexibility index (Phi) is 3.53. The van der Waals surface area contributed by atoms with Crippen molar-refractivity contribution in [3.05, 3.63) is 48.2 Å². The van der Waals surface area contributed by atoms with E-state index in [1.54, 1.807) is 39.9 Å². The average Bonchev–Trinajstić information content (AvgIpc) is 3.17. The second kappa shape index (κ2) is 5.72. The molecule has 0 aromatic carbocycles. The second-order valence-electron chi connectivity index (χ2n) is 6.27. The molecule has 124 valence electrons. The first kappa shape index (κ1) is 14.8. The number of pyridine rings is 1. The van der Waals surface area contributed by atoms with Crippen molar-refractivity contribution >= 4 is 11.6 Å². The quantitative estimate of drug-likeness (QED) is 0.736. The lowest BCUT2D eigenvalue weighted by Crippen LogP contribution is -2.41. The van der Waals surface area contributed by atoms with Gasteiger partial charge >= 0.3 is 0 Å². The molecule has 3 heterocycles. The molecule has 0 saturated heterocycles. The monoisotopic (exact) mass is 326 g/mol. The van der Waals surface area contributed by atoms with Crippen molar-refractivity contribution in [2.24, 2.45) is 13.0 Å². The Morgan fingerprint density at radius 1 is 1.46 bits per heavy atom. The van der Waals surface area contributed by atoms with Gasteiger partial charge in [-0.25, -0.2) is 0 Å². The summed E-state index contributed by atoms with van der Waals surface area (Å²) in [7, 11) is 1.84. The lowest BCUT2D eigenvalue weighted by Gasteiger charge is -2.37. The van der Waals surface area contributed by atoms with Gasteiger partial charge in [-0.2, -0.15) is 5.10 Å². The molecule has 1 saturated carbocycles. The predicted octanol–water partition coefficient (Wildman–Crippen LogP) is 0.705. The van der Waals surface area contributed by atoms with Crippen molar-refractivity contribution in [3.8, 4) is 0 Å². The molecular weight excluding hydrogens is 308 g/mol. The smallest absolute Gasteiger partial charge is 0.255 e. The highest BCUT2D eigenvalue weighted by Gasteiger charge is 2.36. The van der Waals surface area contributed by atoms with Crippen LogP contribution in [0.1, 0.15) is 34.8 Å². The van der Waals surface area contributed by atoms with Crippen molar-refractivity contribution < 1.29 is 9.90 Å². The lowest BCUT2D eigenvalue weighted by molar-refractivity contribution is 0.0235. The maximum absolute atomic E-state index is 12.8. The number of fused-ring (bicyclic) bond motifs is 1. The predicted molar refractivity (Wildman–Crippen MR) is 85.1 cm³/mol. The normalized spacial score (nSPS) is 21.4. The summed E-state index contributed by atoms with van der Waals surface area (Å²) in [5.74, 6) is -0.00500. The molecule has 1 fully saturated rings. The summed E-state index contributed by atoms with van der Waals surface area (Å²) in [6, 6.07) is 3.34. The molecule has 8 heteroatoms. The highest BCUT2D eigenvalue weighted by Crippen LogP contribution is 2.38. The van der Waals surface area contributed by atoms with E-state index in [1.165, 1.54) is 0 Å². The summed E-state index contributed by atoms with van der Waals surface area (Å²) in [6.07, 6.45) is 8.08. The first-order chi connectivity index (χ1) is 11.6. The molecule has 2 N–H and O–H groups in total. The van der Waals surface area contributed by atoms with Crippen molar-refractivity contribution in [1.82, 2.24) is 29.7 Å². The van der Waals surface area contributed by atoms with Gasteiger partial charge in [0.2, 0.25) is 0 Å². The third kappa shape index (κ3) is 2.54. The van der Waals surface area contributed by atoms with Gasteiger partial charge in [0, 0.05) is 25.0 Å². The number of rotatable bonds is 4. The maximum Gasteiger partial charge on any atom is 0.255 e. The summed E-state index contributed by atoms with van der Waals surface area (Å²) in [5.41, 5.74) is 1.94. The lowest BCUT2D eigenvalue weighted by atomic mass is 9.75. The number of aliphatic hydroxyl groups is 1. The molecule has 1 aliphatic rings. The average molecular weight is 326 g/mol. The summed E-state index contributed by atoms with van der Waals surface area (Å²) >= 11 is 0. The van der Waals surface area contributed by atoms with Crippen LogP contribution in [-0.2, 0) is 7.05 Å². The van der Waals surface area contributed by atoms with Gasteiger partial charge in [0.05, 0.1) is 23.9 Å². The first-order valence-corrected chi connectivity index (χ1v) is 7.87. The molecule has 1 atom stereocenters. The van der Waals surface area contributed by atoms with E-state index in [1.807, 2.05) is 13.2 Å². The molecule has 3 aromatic rings. The molecular formula is C16H18N6O2. The zero-order valence-corrected chi connectivity index (χ0v) is 13.2. The number of aromatic nitrogens is 5. The zero-order valence-electron chi connectivity index (χ0n) is 13.2. The number of nitrogens with one attached hydrogen (secondary N) is 1. The minimum Gasteiger partial charge on any atom is -0.393 e. The fraction of sp³-hybridized carbons (Fsp3) is 0.375. The zero-order chi connectivity index (χ0) is 16.7. The Hall–Kier alpha value is -2.74. The Balaban J connectivity index is 1.62. The summed E-state index contributed by atoms with van der Waals surface area (Å²) in [4.78, 5) is 12.8. The molecule has 24 heavy (non-hydrogen) atoms. The molecule has 0 unspecified atom stereocenters. The Labute approximate surface area is 138 Å². The van der Waals surface area contributed by atoms with E-state index in [4.69, 9.17) is 0 Å². The van der Waals surface area contributed by atoms with Gasteiger partial charge in [-0.3, -0.25) is 13.9 Å². The third-order valence-electron chi connectivity index (χ3n) is 4.56. The number of aryl methyl sites for hydroxylation is 1. The number of carbonyl (C=O) groups is 1. The number of hydrogen-bond donors (Lipinski definition) is 2. The molecule has 4 rings (SSSR count). The van der Waals surface area contributed by atoms with Crippen LogP contribution >= 0.6 is 0 Å². The fourth-order valence-electron chi connectivity index (χ4n) is 3.22. The van der Waals surface area contributed by atoms with Crippen LogP contribution in [0.25, 0.3) is 5.65 Å². The minimum atomic E-state index is -0.286. The molecule has 0 aliphatic heterocycles. The number of aliphatic hydroxyl groups excluding tert-OH is 1. The standard InChI is InChI=1S/C16H18N6O2/c1-21-8-11(7-18-21)14(10-5-12(23)6-10)19-16(24)13-3-2-4-22-9-17-20-15(13)22/h2-4,7-10,12,14,23H,5-6H2,1H3,(H,19,24)/t10?,12?,14-/m0/s1. The second-order valence-corrected chi connectivity index (χ2v) is 6.27. The van der Waals surface area contributed by atoms with Crippen LogP contribution in [0, 0.1) is 5.92 Å². The van der Waals surface area contributed by atoms with E-state index in [-0.39, 0.29) is 24.0 Å². The Morgan fingerprint density at radius 3 is 3.00 bits per heavy atom. The fourth-order valence-corrected chi connectivity index (χ4v) is 3.22. The number of carbonyl (C=O) groups excluding carboxylic acids is 1. The molecule has 1 aliphatic carbocycles. The van der Waals surface area contributed by atoms with Crippen LogP contribution in [0.2, 0.25) is 0 Å². The van der Waals surface area contributed by atoms with Crippen molar-refractivity contribution in [3.63, 3.8) is 0 Å². The van der Waals surface area contributed by atoms with Gasteiger partial charge < -0.3 is 10.4 Å². The number of nitrogens with zero attached hydrogens (tertiary/aromatic N) is 5. The van der Waals surface area contributed by atoms with E-state index in [0.717, 1.165) is 5.56 Å². The van der Waals surface area contributed by atoms with E-state index in [9.17, 15) is 9.90 Å². The van der Waals surface area contributed by atoms with E-state index in [0.29, 0.717) is 24.1 Å². The Bertz CT molecular complexity index is 879. The molecule has 3 aromatic heterocycles. The molecule has 0 spiro atoms. The van der Waals surface area contributed by atoms with Crippen LogP contribution in [-0.4, -0.2) is 41.5 Å². The Morgan fingerprint density at radius 2 is 2.29 bits per heavy atom. The van der Waals surface area contributed by atoms with Crippen LogP contribution in [0.5, 0.6) is 0 Å². The first-order valence-electron chi connectivity index (χ1n) is 7.87. The van der Waals surface area contributed by atoms with E-state index >= 15 is 0 Å². The SMILES string of the molecule is Cn1cc([C@@H](NC(=O)c2cccn3cnnc23)C2CC(O)C2)cn1. The molecule has 8 nitrogen and oxygen atoms in total. The van der Waals surface area contributed by atoms with E-state index < -0.39 is 0 Å². The molecule has 1 amide bonds. The molecule has 0 bridgehead atoms. The van der Waals surface area contributed by atoms with Crippen molar-refractivity contribution in [1.29, 1.82) is 0 Å². The minimum absolute atomic E-state index is 0.183. The van der Waals surface area contributed by atoms with Gasteiger partial charge in [-0.1, -0.05) is 0 Å². The maximum atomic E-state index is 12.8. The van der Waals surface area contributed by atoms with Gasteiger partial charge in [0.15, 0.2) is 5.65 Å². The van der Waals surface area contributed by atoms with Crippen LogP contribution in [0.3, 0.4) is 0 Å². The topological polar surface area (TPSA) is 97.3 Å². The van der Waals surface area contributed by atoms with Gasteiger partial charge in [0.1, 0.15) is 6.33 Å². The molecule has 0 radical (unpaired) electrons. The summed E-state index contributed by atoms with van der Waals surface area (Å²) in [5, 5.41) is 24.8. The van der Waals surface area contributed by atoms with Crippen LogP contribution < -0.4 is 5.32 Å². The number of amides is 1. The highest BCUT2D eigenvalue weighted by atomic mass is 16.3. The van der Waals surface area contributed by atoms with Gasteiger partial charge in [0.25, 0.3) is 5.91 Å². The largest absolute Gasteiger partial charge is 0.393 e. The summed E-state index contributed by atoms with van der Waals surface area (Å²) in [6.45, 7) is 0. The van der Waals surface area contributed by atoms with Crippen molar-refractivity contribution in [2.75, 3.05) is 0 Å². The van der Waals surface area contributed by atoms with E-state index in [2.05, 4.69) is 20.6 Å². The third-order valence-corrected chi connectivity index (χ3v) is 4.56. The van der Waals surface area contributed by atoms with Crippen LogP contribution in [0.15, 0.2) is 37.1 Å². The highest BCUT2D eigenvalue weighted by molar-refractivity contribution is 5.99. The summed E-state index contributed by atoms with van der Waals surface area (Å²) < 4.78 is 3.42. The van der Waals surface area contributed by atoms with Crippen LogP contribution in [0.4, 0.5) is 0 Å².